The molecule has 0 spiro atoms. The predicted molar refractivity (Wildman–Crippen MR) is 672 cm³/mol. The second-order valence-electron chi connectivity index (χ2n) is 48.5. The minimum atomic E-state index is 0. The standard InChI is InChI=1S/4C36H73.Ti/c4*1-3-5-7-9-11-13-15-17-19-21-23-25-27-29-31-33-35-36-34-32-30-28-26-24-22-20-18-16-14-12-10-8-6-4-2;/h4*35H,3-34,36H2,1-2H3;/q4*-1;+4. The van der Waals surface area contributed by atoms with Gasteiger partial charge < -0.3 is 25.7 Å². The van der Waals surface area contributed by atoms with E-state index < -0.39 is 0 Å². The van der Waals surface area contributed by atoms with E-state index in [2.05, 4.69) is 81.1 Å². The first-order valence-corrected chi connectivity index (χ1v) is 70.9. The van der Waals surface area contributed by atoms with E-state index in [1.807, 2.05) is 0 Å². The van der Waals surface area contributed by atoms with Crippen LogP contribution in [0.25, 0.3) is 0 Å². The Labute approximate surface area is 943 Å². The first-order chi connectivity index (χ1) is 71.7. The van der Waals surface area contributed by atoms with Crippen molar-refractivity contribution in [3.8, 4) is 0 Å². The second-order valence-corrected chi connectivity index (χ2v) is 48.5. The second kappa shape index (κ2) is 160. The van der Waals surface area contributed by atoms with Crippen LogP contribution in [0.4, 0.5) is 0 Å². The third-order valence-electron chi connectivity index (χ3n) is 33.1. The third-order valence-corrected chi connectivity index (χ3v) is 33.1. The van der Waals surface area contributed by atoms with E-state index in [4.69, 9.17) is 0 Å². The Morgan fingerprint density at radius 2 is 0.103 bits per heavy atom. The summed E-state index contributed by atoms with van der Waals surface area (Å²) in [6.07, 6.45) is 204. The van der Waals surface area contributed by atoms with Crippen LogP contribution in [0.1, 0.15) is 903 Å². The van der Waals surface area contributed by atoms with Gasteiger partial charge in [0, 0.05) is 0 Å². The van der Waals surface area contributed by atoms with Gasteiger partial charge in [0.25, 0.3) is 0 Å². The maximum atomic E-state index is 2.59. The van der Waals surface area contributed by atoms with Crippen LogP contribution in [-0.2, 0) is 21.7 Å². The number of rotatable bonds is 132. The molecular formula is C144H292Ti. The van der Waals surface area contributed by atoms with Gasteiger partial charge in [-0.2, -0.15) is 51.4 Å². The molecule has 0 rings (SSSR count). The van der Waals surface area contributed by atoms with E-state index in [1.54, 1.807) is 0 Å². The molecule has 145 heavy (non-hydrogen) atoms. The van der Waals surface area contributed by atoms with Crippen LogP contribution >= 0.6 is 0 Å². The van der Waals surface area contributed by atoms with E-state index >= 15 is 0 Å². The van der Waals surface area contributed by atoms with Crippen molar-refractivity contribution in [2.24, 2.45) is 0 Å². The van der Waals surface area contributed by atoms with Crippen LogP contribution in [0.3, 0.4) is 0 Å². The molecule has 0 atom stereocenters. The van der Waals surface area contributed by atoms with Gasteiger partial charge in [0.05, 0.1) is 0 Å². The van der Waals surface area contributed by atoms with Crippen LogP contribution in [0.2, 0.25) is 0 Å². The zero-order valence-corrected chi connectivity index (χ0v) is 106. The summed E-state index contributed by atoms with van der Waals surface area (Å²) in [7, 11) is 0. The first kappa shape index (κ1) is 154. The van der Waals surface area contributed by atoms with Gasteiger partial charge in [0.1, 0.15) is 0 Å². The first-order valence-electron chi connectivity index (χ1n) is 70.9. The molecule has 0 saturated heterocycles. The average Bonchev–Trinajstić information content (AvgIpc) is 1.10. The van der Waals surface area contributed by atoms with E-state index in [1.165, 1.54) is 848 Å². The molecule has 0 aliphatic carbocycles. The van der Waals surface area contributed by atoms with Gasteiger partial charge in [0.2, 0.25) is 0 Å². The van der Waals surface area contributed by atoms with E-state index in [0.717, 1.165) is 0 Å². The van der Waals surface area contributed by atoms with Crippen LogP contribution < -0.4 is 0 Å². The Morgan fingerprint density at radius 3 is 0.152 bits per heavy atom. The monoisotopic (exact) mass is 2070 g/mol. The molecule has 0 saturated carbocycles. The van der Waals surface area contributed by atoms with Crippen molar-refractivity contribution in [1.29, 1.82) is 0 Å². The number of hydrogen-bond acceptors (Lipinski definition) is 0. The van der Waals surface area contributed by atoms with Gasteiger partial charge in [0.15, 0.2) is 0 Å². The molecule has 0 amide bonds. The smallest absolute Gasteiger partial charge is 0.328 e. The quantitative estimate of drug-likeness (QED) is 0.0323. The maximum Gasteiger partial charge on any atom is 4.00 e. The Hall–Kier alpha value is 0.714. The summed E-state index contributed by atoms with van der Waals surface area (Å²) in [4.78, 5) is 0. The third kappa shape index (κ3) is 167. The van der Waals surface area contributed by atoms with Crippen molar-refractivity contribution >= 4 is 0 Å². The van der Waals surface area contributed by atoms with E-state index in [9.17, 15) is 0 Å². The fourth-order valence-electron chi connectivity index (χ4n) is 22.6. The van der Waals surface area contributed by atoms with E-state index in [0.29, 0.717) is 0 Å². The average molecular weight is 2070 g/mol. The molecule has 0 fully saturated rings. The van der Waals surface area contributed by atoms with E-state index in [-0.39, 0.29) is 21.7 Å². The summed E-state index contributed by atoms with van der Waals surface area (Å²) in [6, 6.07) is 0. The molecule has 0 N–H and O–H groups in total. The summed E-state index contributed by atoms with van der Waals surface area (Å²) in [5.74, 6) is 0. The predicted octanol–water partition coefficient (Wildman–Crippen LogP) is 56.4. The van der Waals surface area contributed by atoms with Crippen molar-refractivity contribution in [3.63, 3.8) is 0 Å². The SMILES string of the molecule is CCCCCCCCCCCCCCCCC[CH-]CCCCCCCCCCCCCCCCCC.CCCCCCCCCCCCCCCCC[CH-]CCCCCCCCCCCCCCCCCC.CCCCCCCCCCCCCCCCC[CH-]CCCCCCCCCCCCCCCCCC.CCCCCCCCCCCCCCCCC[CH-]CCCCCCCCCCCCCCCCCC.[Ti+4]. The van der Waals surface area contributed by atoms with Crippen LogP contribution in [0.5, 0.6) is 0 Å². The zero-order valence-electron chi connectivity index (χ0n) is 104. The van der Waals surface area contributed by atoms with Gasteiger partial charge >= 0.3 is 21.7 Å². The summed E-state index contributed by atoms with van der Waals surface area (Å²) in [6.45, 7) is 18.5. The molecule has 0 aliphatic rings. The molecule has 0 bridgehead atoms. The topological polar surface area (TPSA) is 0 Å². The molecule has 1 heteroatoms. The Bertz CT molecular complexity index is 1530. The number of unbranched alkanes of at least 4 members (excludes halogenated alkanes) is 132. The van der Waals surface area contributed by atoms with Crippen LogP contribution in [-0.4, -0.2) is 0 Å². The molecule has 0 aromatic carbocycles. The largest absolute Gasteiger partial charge is 4.00 e. The van der Waals surface area contributed by atoms with Crippen molar-refractivity contribution in [2.75, 3.05) is 0 Å². The fourth-order valence-corrected chi connectivity index (χ4v) is 22.6. The van der Waals surface area contributed by atoms with Crippen molar-refractivity contribution in [1.82, 2.24) is 0 Å². The summed E-state index contributed by atoms with van der Waals surface area (Å²) in [5.41, 5.74) is 0. The van der Waals surface area contributed by atoms with Crippen molar-refractivity contribution in [2.45, 2.75) is 903 Å². The number of hydrogen-bond donors (Lipinski definition) is 0. The molecule has 0 heterocycles. The molecule has 872 valence electrons. The molecule has 0 aromatic heterocycles. The summed E-state index contributed by atoms with van der Waals surface area (Å²) >= 11 is 0. The van der Waals surface area contributed by atoms with Crippen LogP contribution in [0, 0.1) is 25.7 Å². The van der Waals surface area contributed by atoms with Crippen LogP contribution in [0.15, 0.2) is 0 Å². The Kier molecular flexibility index (Phi) is 170. The summed E-state index contributed by atoms with van der Waals surface area (Å²) < 4.78 is 0. The van der Waals surface area contributed by atoms with Crippen molar-refractivity contribution < 1.29 is 21.7 Å². The molecule has 0 nitrogen and oxygen atoms in total. The van der Waals surface area contributed by atoms with Gasteiger partial charge in [-0.15, -0.1) is 0 Å². The summed E-state index contributed by atoms with van der Waals surface area (Å²) in [5, 5.41) is 0. The Morgan fingerprint density at radius 1 is 0.0621 bits per heavy atom. The molecule has 0 radical (unpaired) electrons. The van der Waals surface area contributed by atoms with Gasteiger partial charge in [-0.3, -0.25) is 0 Å². The minimum absolute atomic E-state index is 0. The van der Waals surface area contributed by atoms with Gasteiger partial charge in [-0.05, 0) is 0 Å². The fraction of sp³-hybridized carbons (Fsp3) is 0.972. The van der Waals surface area contributed by atoms with Crippen molar-refractivity contribution in [3.05, 3.63) is 25.7 Å². The molecular weight excluding hydrogens is 1780 g/mol. The Balaban J connectivity index is -0.000000599. The molecule has 0 aliphatic heterocycles. The molecule has 0 aromatic rings. The molecule has 0 unspecified atom stereocenters. The normalized spacial score (nSPS) is 11.4. The zero-order chi connectivity index (χ0) is 104. The minimum Gasteiger partial charge on any atom is -0.328 e. The van der Waals surface area contributed by atoms with Gasteiger partial charge in [-0.1, -0.05) is 852 Å². The van der Waals surface area contributed by atoms with Gasteiger partial charge in [-0.25, -0.2) is 0 Å². The maximum absolute atomic E-state index is 2.59.